The Balaban J connectivity index is 2.29. The Morgan fingerprint density at radius 1 is 1.24 bits per heavy atom. The van der Waals surface area contributed by atoms with E-state index in [9.17, 15) is 14.7 Å². The maximum Gasteiger partial charge on any atom is 0.289 e. The lowest BCUT2D eigenvalue weighted by atomic mass is 9.99. The van der Waals surface area contributed by atoms with Gasteiger partial charge in [0.05, 0.1) is 11.1 Å². The van der Waals surface area contributed by atoms with E-state index < -0.39 is 11.7 Å². The highest BCUT2D eigenvalue weighted by Crippen LogP contribution is 2.32. The molecule has 0 atom stereocenters. The molecule has 5 nitrogen and oxygen atoms in total. The summed E-state index contributed by atoms with van der Waals surface area (Å²) in [5.74, 6) is -1.91. The molecule has 3 aromatic rings. The van der Waals surface area contributed by atoms with E-state index in [1.165, 1.54) is 6.07 Å². The molecule has 3 rings (SSSR count). The second-order valence-electron chi connectivity index (χ2n) is 5.77. The highest BCUT2D eigenvalue weighted by Gasteiger charge is 2.27. The van der Waals surface area contributed by atoms with E-state index in [1.807, 2.05) is 25.1 Å². The van der Waals surface area contributed by atoms with Gasteiger partial charge in [-0.05, 0) is 41.8 Å². The van der Waals surface area contributed by atoms with E-state index in [0.29, 0.717) is 28.9 Å². The van der Waals surface area contributed by atoms with Gasteiger partial charge >= 0.3 is 0 Å². The van der Waals surface area contributed by atoms with Crippen LogP contribution in [0.25, 0.3) is 5.52 Å². The first-order chi connectivity index (χ1) is 11.9. The van der Waals surface area contributed by atoms with E-state index in [4.69, 9.17) is 17.3 Å². The van der Waals surface area contributed by atoms with Crippen LogP contribution in [0.4, 0.5) is 0 Å². The third-order valence-corrected chi connectivity index (χ3v) is 4.45. The average Bonchev–Trinajstić information content (AvgIpc) is 2.89. The van der Waals surface area contributed by atoms with Crippen LogP contribution in [0.5, 0.6) is 5.75 Å². The number of benzene rings is 1. The van der Waals surface area contributed by atoms with Crippen LogP contribution in [0, 0.1) is 0 Å². The summed E-state index contributed by atoms with van der Waals surface area (Å²) < 4.78 is 1.74. The summed E-state index contributed by atoms with van der Waals surface area (Å²) in [6.07, 6.45) is 2.78. The highest BCUT2D eigenvalue weighted by molar-refractivity contribution is 6.44. The van der Waals surface area contributed by atoms with Crippen LogP contribution in [-0.2, 0) is 17.6 Å². The number of nitrogens with two attached hydrogens (primary N) is 1. The van der Waals surface area contributed by atoms with Crippen molar-refractivity contribution < 1.29 is 14.7 Å². The van der Waals surface area contributed by atoms with Crippen molar-refractivity contribution in [2.45, 2.75) is 19.8 Å². The van der Waals surface area contributed by atoms with Crippen molar-refractivity contribution in [2.75, 3.05) is 0 Å². The fourth-order valence-corrected chi connectivity index (χ4v) is 3.40. The number of hydrogen-bond acceptors (Lipinski definition) is 3. The summed E-state index contributed by atoms with van der Waals surface area (Å²) in [4.78, 5) is 23.9. The summed E-state index contributed by atoms with van der Waals surface area (Å²) >= 11 is 6.06. The Bertz CT molecular complexity index is 992. The van der Waals surface area contributed by atoms with Gasteiger partial charge in [0.25, 0.3) is 11.7 Å². The van der Waals surface area contributed by atoms with Crippen LogP contribution in [0.3, 0.4) is 0 Å². The van der Waals surface area contributed by atoms with Gasteiger partial charge in [0, 0.05) is 23.3 Å². The zero-order valence-corrected chi connectivity index (χ0v) is 14.4. The number of halogens is 1. The van der Waals surface area contributed by atoms with E-state index in [2.05, 4.69) is 0 Å². The molecule has 1 amide bonds. The molecule has 0 aliphatic heterocycles. The third-order valence-electron chi connectivity index (χ3n) is 4.22. The molecule has 0 saturated heterocycles. The summed E-state index contributed by atoms with van der Waals surface area (Å²) in [5.41, 5.74) is 8.17. The lowest BCUT2D eigenvalue weighted by molar-refractivity contribution is -0.114. The number of nitrogens with zero attached hydrogens (tertiary/aromatic N) is 1. The second kappa shape index (κ2) is 6.61. The lowest BCUT2D eigenvalue weighted by Crippen LogP contribution is -2.24. The molecule has 0 radical (unpaired) electrons. The van der Waals surface area contributed by atoms with Crippen molar-refractivity contribution in [3.63, 3.8) is 0 Å². The van der Waals surface area contributed by atoms with Gasteiger partial charge in [0.2, 0.25) is 0 Å². The normalized spacial score (nSPS) is 11.0. The molecular formula is C19H17ClN2O3. The summed E-state index contributed by atoms with van der Waals surface area (Å²) in [6.45, 7) is 1.89. The smallest absolute Gasteiger partial charge is 0.289 e. The number of carbonyl (C=O) groups is 2. The first-order valence-corrected chi connectivity index (χ1v) is 8.24. The van der Waals surface area contributed by atoms with Gasteiger partial charge < -0.3 is 15.2 Å². The summed E-state index contributed by atoms with van der Waals surface area (Å²) in [7, 11) is 0. The molecule has 3 N–H and O–H groups in total. The number of Topliss-reactive ketones (excluding diaryl/α,β-unsaturated/α-hetero) is 1. The van der Waals surface area contributed by atoms with Crippen molar-refractivity contribution in [3.8, 4) is 5.75 Å². The zero-order chi connectivity index (χ0) is 18.1. The summed E-state index contributed by atoms with van der Waals surface area (Å²) in [5, 5.41) is 10.9. The minimum Gasteiger partial charge on any atom is -0.506 e. The number of aromatic hydroxyl groups is 1. The molecule has 6 heteroatoms. The SMILES string of the molecule is CCc1c(C(=O)C(N)=O)c2c(O)cccn2c1Cc1cccc(Cl)c1. The molecule has 0 bridgehead atoms. The van der Waals surface area contributed by atoms with Crippen LogP contribution in [-0.4, -0.2) is 21.2 Å². The van der Waals surface area contributed by atoms with E-state index in [0.717, 1.165) is 11.3 Å². The monoisotopic (exact) mass is 356 g/mol. The number of aromatic nitrogens is 1. The maximum atomic E-state index is 12.4. The van der Waals surface area contributed by atoms with E-state index >= 15 is 0 Å². The molecule has 1 aromatic carbocycles. The lowest BCUT2D eigenvalue weighted by Gasteiger charge is -2.07. The molecule has 2 heterocycles. The van der Waals surface area contributed by atoms with Crippen LogP contribution in [0.1, 0.15) is 34.1 Å². The van der Waals surface area contributed by atoms with Crippen molar-refractivity contribution in [1.29, 1.82) is 0 Å². The molecule has 0 fully saturated rings. The van der Waals surface area contributed by atoms with Crippen molar-refractivity contribution in [1.82, 2.24) is 4.40 Å². The number of carbonyl (C=O) groups excluding carboxylic acids is 2. The fraction of sp³-hybridized carbons (Fsp3) is 0.158. The predicted octanol–water partition coefficient (Wildman–Crippen LogP) is 3.12. The number of fused-ring (bicyclic) bond motifs is 1. The minimum absolute atomic E-state index is 0.0702. The molecule has 128 valence electrons. The Morgan fingerprint density at radius 2 is 2.00 bits per heavy atom. The topological polar surface area (TPSA) is 84.8 Å². The van der Waals surface area contributed by atoms with Gasteiger partial charge in [-0.1, -0.05) is 30.7 Å². The Morgan fingerprint density at radius 3 is 2.64 bits per heavy atom. The number of hydrogen-bond donors (Lipinski definition) is 2. The first-order valence-electron chi connectivity index (χ1n) is 7.86. The van der Waals surface area contributed by atoms with Gasteiger partial charge in [-0.3, -0.25) is 9.59 Å². The van der Waals surface area contributed by atoms with Crippen LogP contribution in [0.15, 0.2) is 42.6 Å². The number of amides is 1. The average molecular weight is 357 g/mol. The quantitative estimate of drug-likeness (QED) is 0.544. The van der Waals surface area contributed by atoms with E-state index in [1.54, 1.807) is 22.7 Å². The Labute approximate surface area is 149 Å². The molecule has 25 heavy (non-hydrogen) atoms. The number of pyridine rings is 1. The van der Waals surface area contributed by atoms with Gasteiger partial charge in [-0.15, -0.1) is 0 Å². The molecule has 0 aliphatic rings. The van der Waals surface area contributed by atoms with Crippen LogP contribution >= 0.6 is 11.6 Å². The van der Waals surface area contributed by atoms with Gasteiger partial charge in [-0.25, -0.2) is 0 Å². The fourth-order valence-electron chi connectivity index (χ4n) is 3.18. The molecule has 0 spiro atoms. The maximum absolute atomic E-state index is 12.4. The molecular weight excluding hydrogens is 340 g/mol. The minimum atomic E-state index is -1.04. The van der Waals surface area contributed by atoms with Gasteiger partial charge in [0.15, 0.2) is 0 Å². The highest BCUT2D eigenvalue weighted by atomic mass is 35.5. The van der Waals surface area contributed by atoms with Gasteiger partial charge in [-0.2, -0.15) is 0 Å². The standard InChI is InChI=1S/C19H17ClN2O3/c1-2-13-14(10-11-5-3-6-12(20)9-11)22-8-4-7-15(23)17(22)16(13)18(24)19(21)25/h3-9,23H,2,10H2,1H3,(H2,21,25). The third kappa shape index (κ3) is 2.98. The van der Waals surface area contributed by atoms with Crippen molar-refractivity contribution >= 4 is 28.8 Å². The van der Waals surface area contributed by atoms with Crippen molar-refractivity contribution in [2.24, 2.45) is 5.73 Å². The predicted molar refractivity (Wildman–Crippen MR) is 96.2 cm³/mol. The Kier molecular flexibility index (Phi) is 4.51. The molecule has 0 aliphatic carbocycles. The van der Waals surface area contributed by atoms with Crippen molar-refractivity contribution in [3.05, 3.63) is 70.0 Å². The molecule has 2 aromatic heterocycles. The second-order valence-corrected chi connectivity index (χ2v) is 6.20. The van der Waals surface area contributed by atoms with E-state index in [-0.39, 0.29) is 11.3 Å². The zero-order valence-electron chi connectivity index (χ0n) is 13.6. The number of ketones is 1. The number of rotatable bonds is 5. The molecule has 0 unspecified atom stereocenters. The molecule has 0 saturated carbocycles. The summed E-state index contributed by atoms with van der Waals surface area (Å²) in [6, 6.07) is 10.6. The van der Waals surface area contributed by atoms with Crippen LogP contribution < -0.4 is 5.73 Å². The number of primary amides is 1. The van der Waals surface area contributed by atoms with Gasteiger partial charge in [0.1, 0.15) is 5.75 Å². The van der Waals surface area contributed by atoms with Crippen LogP contribution in [0.2, 0.25) is 5.02 Å². The first kappa shape index (κ1) is 17.0. The largest absolute Gasteiger partial charge is 0.506 e. The Hall–Kier alpha value is -2.79.